The number of ether oxygens (including phenoxy) is 3. The van der Waals surface area contributed by atoms with E-state index in [1.807, 2.05) is 0 Å². The van der Waals surface area contributed by atoms with Gasteiger partial charge in [-0.15, -0.1) is 11.3 Å². The summed E-state index contributed by atoms with van der Waals surface area (Å²) in [7, 11) is 4.38. The number of nitrogens with one attached hydrogen (secondary N) is 1. The molecular formula is C24H22FN3O6S. The van der Waals surface area contributed by atoms with Crippen molar-refractivity contribution in [1.82, 2.24) is 9.13 Å². The number of carbonyl (C=O) groups excluding carboxylic acids is 1. The van der Waals surface area contributed by atoms with Gasteiger partial charge in [-0.2, -0.15) is 0 Å². The molecule has 0 aliphatic heterocycles. The summed E-state index contributed by atoms with van der Waals surface area (Å²) in [6.45, 7) is 1.17. The molecular weight excluding hydrogens is 477 g/mol. The number of fused-ring (bicyclic) bond motifs is 1. The number of carbonyl (C=O) groups is 1. The summed E-state index contributed by atoms with van der Waals surface area (Å²) in [6, 6.07) is 8.68. The highest BCUT2D eigenvalue weighted by Crippen LogP contribution is 2.39. The molecule has 11 heteroatoms. The van der Waals surface area contributed by atoms with E-state index in [-0.39, 0.29) is 17.8 Å². The van der Waals surface area contributed by atoms with Crippen molar-refractivity contribution in [1.29, 1.82) is 0 Å². The number of nitrogens with zero attached hydrogens (tertiary/aromatic N) is 2. The van der Waals surface area contributed by atoms with Crippen LogP contribution in [0.25, 0.3) is 15.9 Å². The second-order valence-electron chi connectivity index (χ2n) is 7.54. The standard InChI is InChI=1S/C24H22FN3O6S/c1-13-9-15(5-6-16(13)25)28-23(30)22-17(7-8-35-22)27(24(28)31)12-20(29)26-14-10-18(32-2)21(34-4)19(11-14)33-3/h5-11H,12H2,1-4H3,(H,26,29). The molecule has 182 valence electrons. The van der Waals surface area contributed by atoms with Crippen molar-refractivity contribution >= 4 is 33.1 Å². The summed E-state index contributed by atoms with van der Waals surface area (Å²) in [5, 5.41) is 4.38. The Bertz CT molecular complexity index is 1530. The lowest BCUT2D eigenvalue weighted by Gasteiger charge is -2.15. The average Bonchev–Trinajstić information content (AvgIpc) is 3.33. The highest BCUT2D eigenvalue weighted by Gasteiger charge is 2.19. The molecule has 0 aliphatic rings. The molecule has 35 heavy (non-hydrogen) atoms. The maximum Gasteiger partial charge on any atom is 0.336 e. The highest BCUT2D eigenvalue weighted by atomic mass is 32.1. The Kier molecular flexibility index (Phi) is 6.61. The maximum absolute atomic E-state index is 13.8. The Balaban J connectivity index is 1.75. The number of halogens is 1. The Labute approximate surface area is 202 Å². The number of benzene rings is 2. The van der Waals surface area contributed by atoms with Crippen LogP contribution in [0, 0.1) is 12.7 Å². The van der Waals surface area contributed by atoms with Gasteiger partial charge in [0.25, 0.3) is 5.56 Å². The van der Waals surface area contributed by atoms with Gasteiger partial charge in [-0.3, -0.25) is 14.2 Å². The summed E-state index contributed by atoms with van der Waals surface area (Å²) in [4.78, 5) is 39.4. The minimum atomic E-state index is -0.716. The van der Waals surface area contributed by atoms with E-state index in [4.69, 9.17) is 14.2 Å². The summed E-state index contributed by atoms with van der Waals surface area (Å²) in [5.41, 5.74) is -0.0549. The highest BCUT2D eigenvalue weighted by molar-refractivity contribution is 7.17. The number of rotatable bonds is 7. The molecule has 0 unspecified atom stereocenters. The molecule has 0 saturated heterocycles. The van der Waals surface area contributed by atoms with Gasteiger partial charge in [0.2, 0.25) is 11.7 Å². The van der Waals surface area contributed by atoms with Crippen LogP contribution in [-0.2, 0) is 11.3 Å². The predicted molar refractivity (Wildman–Crippen MR) is 131 cm³/mol. The van der Waals surface area contributed by atoms with Crippen molar-refractivity contribution in [3.63, 3.8) is 0 Å². The third kappa shape index (κ3) is 4.37. The first-order valence-electron chi connectivity index (χ1n) is 10.4. The Morgan fingerprint density at radius 3 is 2.31 bits per heavy atom. The second-order valence-corrected chi connectivity index (χ2v) is 8.46. The average molecular weight is 500 g/mol. The molecule has 0 spiro atoms. The van der Waals surface area contributed by atoms with Crippen molar-refractivity contribution in [3.05, 3.63) is 74.0 Å². The van der Waals surface area contributed by atoms with E-state index in [0.29, 0.717) is 33.2 Å². The van der Waals surface area contributed by atoms with Gasteiger partial charge in [0.05, 0.1) is 32.5 Å². The van der Waals surface area contributed by atoms with Gasteiger partial charge in [0.1, 0.15) is 17.1 Å². The van der Waals surface area contributed by atoms with Gasteiger partial charge in [-0.1, -0.05) is 0 Å². The van der Waals surface area contributed by atoms with Gasteiger partial charge in [0, 0.05) is 17.8 Å². The van der Waals surface area contributed by atoms with Gasteiger partial charge in [-0.05, 0) is 42.1 Å². The van der Waals surface area contributed by atoms with Crippen molar-refractivity contribution in [2.75, 3.05) is 26.6 Å². The molecule has 1 amide bonds. The normalized spacial score (nSPS) is 10.9. The topological polar surface area (TPSA) is 101 Å². The third-order valence-electron chi connectivity index (χ3n) is 5.40. The van der Waals surface area contributed by atoms with Crippen LogP contribution in [0.2, 0.25) is 0 Å². The summed E-state index contributed by atoms with van der Waals surface area (Å²) < 4.78 is 32.1. The van der Waals surface area contributed by atoms with Crippen molar-refractivity contribution in [3.8, 4) is 22.9 Å². The Hall–Kier alpha value is -4.12. The minimum absolute atomic E-state index is 0.216. The fourth-order valence-electron chi connectivity index (χ4n) is 3.73. The molecule has 4 rings (SSSR count). The quantitative estimate of drug-likeness (QED) is 0.419. The Morgan fingerprint density at radius 2 is 1.71 bits per heavy atom. The molecule has 0 atom stereocenters. The number of aromatic nitrogens is 2. The second kappa shape index (κ2) is 9.63. The largest absolute Gasteiger partial charge is 0.493 e. The summed E-state index contributed by atoms with van der Waals surface area (Å²) in [6.07, 6.45) is 0. The zero-order valence-electron chi connectivity index (χ0n) is 19.4. The van der Waals surface area contributed by atoms with Gasteiger partial charge < -0.3 is 19.5 Å². The van der Waals surface area contributed by atoms with E-state index in [0.717, 1.165) is 15.9 Å². The first-order chi connectivity index (χ1) is 16.8. The van der Waals surface area contributed by atoms with Crippen LogP contribution in [0.4, 0.5) is 10.1 Å². The van der Waals surface area contributed by atoms with Crippen LogP contribution in [0.5, 0.6) is 17.2 Å². The molecule has 1 N–H and O–H groups in total. The van der Waals surface area contributed by atoms with E-state index in [1.54, 1.807) is 23.6 Å². The van der Waals surface area contributed by atoms with Crippen LogP contribution >= 0.6 is 11.3 Å². The van der Waals surface area contributed by atoms with Crippen LogP contribution in [0.15, 0.2) is 51.4 Å². The lowest BCUT2D eigenvalue weighted by atomic mass is 10.2. The van der Waals surface area contributed by atoms with Crippen molar-refractivity contribution in [2.45, 2.75) is 13.5 Å². The number of anilines is 1. The molecule has 2 aromatic heterocycles. The lowest BCUT2D eigenvalue weighted by molar-refractivity contribution is -0.116. The minimum Gasteiger partial charge on any atom is -0.493 e. The molecule has 9 nitrogen and oxygen atoms in total. The lowest BCUT2D eigenvalue weighted by Crippen LogP contribution is -2.40. The molecule has 0 fully saturated rings. The van der Waals surface area contributed by atoms with Gasteiger partial charge >= 0.3 is 5.69 Å². The van der Waals surface area contributed by atoms with Crippen molar-refractivity contribution in [2.24, 2.45) is 0 Å². The molecule has 0 aliphatic carbocycles. The van der Waals surface area contributed by atoms with E-state index in [9.17, 15) is 18.8 Å². The molecule has 0 saturated carbocycles. The maximum atomic E-state index is 13.8. The number of methoxy groups -OCH3 is 3. The molecule has 2 aromatic carbocycles. The van der Waals surface area contributed by atoms with E-state index in [2.05, 4.69) is 5.32 Å². The molecule has 0 radical (unpaired) electrons. The zero-order chi connectivity index (χ0) is 25.3. The first-order valence-corrected chi connectivity index (χ1v) is 11.3. The van der Waals surface area contributed by atoms with E-state index in [1.165, 1.54) is 51.0 Å². The number of aryl methyl sites for hydroxylation is 1. The number of hydrogen-bond acceptors (Lipinski definition) is 7. The fraction of sp³-hybridized carbons (Fsp3) is 0.208. The van der Waals surface area contributed by atoms with Crippen molar-refractivity contribution < 1.29 is 23.4 Å². The predicted octanol–water partition coefficient (Wildman–Crippen LogP) is 3.33. The summed E-state index contributed by atoms with van der Waals surface area (Å²) in [5.74, 6) is 0.0869. The molecule has 4 aromatic rings. The zero-order valence-corrected chi connectivity index (χ0v) is 20.2. The number of hydrogen-bond donors (Lipinski definition) is 1. The number of amides is 1. The molecule has 0 bridgehead atoms. The Morgan fingerprint density at radius 1 is 1.03 bits per heavy atom. The van der Waals surface area contributed by atoms with E-state index >= 15 is 0 Å². The number of thiophene rings is 1. The smallest absolute Gasteiger partial charge is 0.336 e. The first kappa shape index (κ1) is 24.0. The van der Waals surface area contributed by atoms with Crippen LogP contribution < -0.4 is 30.8 Å². The fourth-order valence-corrected chi connectivity index (χ4v) is 4.56. The van der Waals surface area contributed by atoms with Crippen LogP contribution in [0.1, 0.15) is 5.56 Å². The molecule has 2 heterocycles. The van der Waals surface area contributed by atoms with Gasteiger partial charge in [-0.25, -0.2) is 13.8 Å². The summed E-state index contributed by atoms with van der Waals surface area (Å²) >= 11 is 1.15. The SMILES string of the molecule is COc1cc(NC(=O)Cn2c(=O)n(-c3ccc(F)c(C)c3)c(=O)c3sccc32)cc(OC)c1OC. The van der Waals surface area contributed by atoms with E-state index < -0.39 is 23.0 Å². The van der Waals surface area contributed by atoms with Crippen LogP contribution in [-0.4, -0.2) is 36.4 Å². The van der Waals surface area contributed by atoms with Gasteiger partial charge in [0.15, 0.2) is 11.5 Å². The monoisotopic (exact) mass is 499 g/mol. The third-order valence-corrected chi connectivity index (χ3v) is 6.30. The van der Waals surface area contributed by atoms with Crippen LogP contribution in [0.3, 0.4) is 0 Å².